The van der Waals surface area contributed by atoms with Crippen LogP contribution in [0.15, 0.2) is 182 Å². The molecule has 10 rings (SSSR count). The minimum atomic E-state index is -1.91. The standard InChI is InChI=1S/C68H82N2Si4/c1-71(2,3)59-39-31-53(32-40-59)69(55-35-43-63(44-36-55)73(7,8)61-27-19-13-20-28-61)57-47-65(51-23-15-11-16-24-51)68-50-58(48-66(67(68)49-57)52-25-17-12-18-26-52)70(54-33-41-60(42-34-54)72(4,5)6)56-37-45-64(46-38-56)74(9,10)62-29-21-14-22-30-62/h13-14,19-22,27-52H,11-12,15-18,23-26H2,1-10H3. The second kappa shape index (κ2) is 21.2. The summed E-state index contributed by atoms with van der Waals surface area (Å²) in [4.78, 5) is 5.21. The zero-order chi connectivity index (χ0) is 51.8. The third-order valence-corrected chi connectivity index (χ3v) is 28.6. The Morgan fingerprint density at radius 3 is 0.838 bits per heavy atom. The predicted octanol–water partition coefficient (Wildman–Crippen LogP) is 16.6. The van der Waals surface area contributed by atoms with E-state index in [1.54, 1.807) is 0 Å². The highest BCUT2D eigenvalue weighted by molar-refractivity contribution is 7.01. The van der Waals surface area contributed by atoms with Crippen LogP contribution in [0.4, 0.5) is 34.1 Å². The Bertz CT molecular complexity index is 2940. The zero-order valence-corrected chi connectivity index (χ0v) is 50.4. The van der Waals surface area contributed by atoms with E-state index in [1.807, 2.05) is 0 Å². The maximum absolute atomic E-state index is 2.65. The lowest BCUT2D eigenvalue weighted by atomic mass is 9.78. The second-order valence-electron chi connectivity index (χ2n) is 25.2. The van der Waals surface area contributed by atoms with Gasteiger partial charge in [-0.2, -0.15) is 0 Å². The van der Waals surface area contributed by atoms with Crippen LogP contribution in [-0.4, -0.2) is 32.3 Å². The Morgan fingerprint density at radius 2 is 0.554 bits per heavy atom. The van der Waals surface area contributed by atoms with Crippen LogP contribution in [0.25, 0.3) is 10.8 Å². The molecule has 0 amide bonds. The third kappa shape index (κ3) is 10.8. The van der Waals surface area contributed by atoms with Gasteiger partial charge in [-0.25, -0.2) is 0 Å². The van der Waals surface area contributed by atoms with Gasteiger partial charge >= 0.3 is 0 Å². The van der Waals surface area contributed by atoms with Crippen LogP contribution < -0.4 is 40.9 Å². The zero-order valence-electron chi connectivity index (χ0n) is 46.4. The van der Waals surface area contributed by atoms with Gasteiger partial charge in [-0.1, -0.05) is 244 Å². The van der Waals surface area contributed by atoms with E-state index < -0.39 is 32.3 Å². The van der Waals surface area contributed by atoms with Crippen LogP contribution in [-0.2, 0) is 0 Å². The Labute approximate surface area is 450 Å². The summed E-state index contributed by atoms with van der Waals surface area (Å²) in [6.45, 7) is 24.8. The van der Waals surface area contributed by atoms with Gasteiger partial charge in [-0.05, 0) is 132 Å². The van der Waals surface area contributed by atoms with Gasteiger partial charge in [0.2, 0.25) is 0 Å². The molecular formula is C68H82N2Si4. The molecule has 6 heteroatoms. The van der Waals surface area contributed by atoms with Crippen molar-refractivity contribution >= 4 is 108 Å². The van der Waals surface area contributed by atoms with E-state index in [-0.39, 0.29) is 0 Å². The molecule has 0 atom stereocenters. The van der Waals surface area contributed by atoms with Gasteiger partial charge < -0.3 is 9.80 Å². The number of fused-ring (bicyclic) bond motifs is 1. The minimum Gasteiger partial charge on any atom is -0.310 e. The Morgan fingerprint density at radius 1 is 0.284 bits per heavy atom. The molecule has 0 saturated heterocycles. The highest BCUT2D eigenvalue weighted by Crippen LogP contribution is 2.48. The molecule has 2 fully saturated rings. The van der Waals surface area contributed by atoms with E-state index in [0.717, 1.165) is 0 Å². The monoisotopic (exact) mass is 1040 g/mol. The molecule has 2 nitrogen and oxygen atoms in total. The minimum absolute atomic E-state index is 0.505. The average molecular weight is 1040 g/mol. The summed E-state index contributed by atoms with van der Waals surface area (Å²) in [5, 5.41) is 11.8. The van der Waals surface area contributed by atoms with Crippen LogP contribution >= 0.6 is 0 Å². The number of hydrogen-bond donors (Lipinski definition) is 0. The topological polar surface area (TPSA) is 6.48 Å². The van der Waals surface area contributed by atoms with Gasteiger partial charge in [0, 0.05) is 34.1 Å². The highest BCUT2D eigenvalue weighted by Gasteiger charge is 2.31. The lowest BCUT2D eigenvalue weighted by Gasteiger charge is -2.33. The predicted molar refractivity (Wildman–Crippen MR) is 337 cm³/mol. The quantitative estimate of drug-likeness (QED) is 0.100. The first-order valence-corrected chi connectivity index (χ1v) is 41.2. The summed E-state index contributed by atoms with van der Waals surface area (Å²) in [5.41, 5.74) is 10.6. The average Bonchev–Trinajstić information content (AvgIpc) is 3.42. The molecule has 0 heterocycles. The molecule has 0 unspecified atom stereocenters. The van der Waals surface area contributed by atoms with Gasteiger partial charge in [0.25, 0.3) is 0 Å². The fourth-order valence-electron chi connectivity index (χ4n) is 12.5. The van der Waals surface area contributed by atoms with Crippen molar-refractivity contribution < 1.29 is 0 Å². The van der Waals surface area contributed by atoms with Crippen LogP contribution in [0.3, 0.4) is 0 Å². The number of anilines is 6. The van der Waals surface area contributed by atoms with E-state index in [9.17, 15) is 0 Å². The summed E-state index contributed by atoms with van der Waals surface area (Å²) >= 11 is 0. The summed E-state index contributed by atoms with van der Waals surface area (Å²) in [5.74, 6) is 1.01. The number of nitrogens with zero attached hydrogens (tertiary/aromatic N) is 2. The largest absolute Gasteiger partial charge is 0.310 e. The van der Waals surface area contributed by atoms with Crippen molar-refractivity contribution in [3.8, 4) is 0 Å². The SMILES string of the molecule is C[Si](C)(C)c1ccc(N(c2ccc([Si](C)(C)c3ccccc3)cc2)c2cc(C3CCCCC3)c3cc(N(c4ccc([Si](C)(C)C)cc4)c4ccc([Si](C)(C)c5ccccc5)cc4)cc(C4CCCCC4)c3c2)cc1. The van der Waals surface area contributed by atoms with Crippen LogP contribution in [0.1, 0.15) is 87.2 Å². The highest BCUT2D eigenvalue weighted by atomic mass is 28.3. The summed E-state index contributed by atoms with van der Waals surface area (Å²) in [6.07, 6.45) is 12.8. The van der Waals surface area contributed by atoms with Crippen molar-refractivity contribution in [3.63, 3.8) is 0 Å². The first-order chi connectivity index (χ1) is 35.5. The molecule has 2 aliphatic rings. The lowest BCUT2D eigenvalue weighted by Crippen LogP contribution is -2.52. The van der Waals surface area contributed by atoms with E-state index in [0.29, 0.717) is 11.8 Å². The maximum Gasteiger partial charge on any atom is 0.112 e. The molecule has 2 aliphatic carbocycles. The van der Waals surface area contributed by atoms with Crippen molar-refractivity contribution in [1.82, 2.24) is 0 Å². The smallest absolute Gasteiger partial charge is 0.112 e. The number of benzene rings is 8. The van der Waals surface area contributed by atoms with Crippen molar-refractivity contribution in [2.45, 2.75) is 142 Å². The third-order valence-electron chi connectivity index (χ3n) is 17.4. The van der Waals surface area contributed by atoms with Gasteiger partial charge in [0.05, 0.1) is 16.1 Å². The first kappa shape index (κ1) is 52.0. The fraction of sp³-hybridized carbons (Fsp3) is 0.324. The van der Waals surface area contributed by atoms with Crippen LogP contribution in [0.2, 0.25) is 65.5 Å². The van der Waals surface area contributed by atoms with E-state index >= 15 is 0 Å². The molecular weight excluding hydrogens is 957 g/mol. The van der Waals surface area contributed by atoms with Crippen molar-refractivity contribution in [3.05, 3.63) is 193 Å². The molecule has 380 valence electrons. The molecule has 0 aromatic heterocycles. The lowest BCUT2D eigenvalue weighted by molar-refractivity contribution is 0.444. The van der Waals surface area contributed by atoms with Gasteiger partial charge in [0.1, 0.15) is 16.1 Å². The second-order valence-corrected chi connectivity index (χ2v) is 44.1. The molecule has 0 bridgehead atoms. The summed E-state index contributed by atoms with van der Waals surface area (Å²) in [6, 6.07) is 71.8. The van der Waals surface area contributed by atoms with Crippen molar-refractivity contribution in [1.29, 1.82) is 0 Å². The molecule has 8 aromatic rings. The van der Waals surface area contributed by atoms with E-state index in [4.69, 9.17) is 0 Å². The normalized spacial score (nSPS) is 15.3. The van der Waals surface area contributed by atoms with Gasteiger partial charge in [-0.3, -0.25) is 0 Å². The summed E-state index contributed by atoms with van der Waals surface area (Å²) < 4.78 is 0. The molecule has 0 radical (unpaired) electrons. The molecule has 2 saturated carbocycles. The molecule has 8 aromatic carbocycles. The van der Waals surface area contributed by atoms with Crippen molar-refractivity contribution in [2.75, 3.05) is 9.80 Å². The van der Waals surface area contributed by atoms with Crippen molar-refractivity contribution in [2.24, 2.45) is 0 Å². The van der Waals surface area contributed by atoms with E-state index in [1.165, 1.54) is 151 Å². The molecule has 0 aliphatic heterocycles. The van der Waals surface area contributed by atoms with Crippen LogP contribution in [0.5, 0.6) is 0 Å². The number of hydrogen-bond acceptors (Lipinski definition) is 2. The molecule has 74 heavy (non-hydrogen) atoms. The fourth-order valence-corrected chi connectivity index (χ4v) is 19.5. The maximum atomic E-state index is 2.65. The first-order valence-electron chi connectivity index (χ1n) is 28.2. The molecule has 0 N–H and O–H groups in total. The van der Waals surface area contributed by atoms with E-state index in [2.05, 4.69) is 257 Å². The summed E-state index contributed by atoms with van der Waals surface area (Å²) in [7, 11) is -6.86. The van der Waals surface area contributed by atoms with Crippen LogP contribution in [0, 0.1) is 0 Å². The molecule has 0 spiro atoms. The van der Waals surface area contributed by atoms with Gasteiger partial charge in [-0.15, -0.1) is 0 Å². The Kier molecular flexibility index (Phi) is 14.9. The Hall–Kier alpha value is -5.51. The number of rotatable bonds is 14. The van der Waals surface area contributed by atoms with Gasteiger partial charge in [0.15, 0.2) is 0 Å². The Balaban J connectivity index is 1.19.